The van der Waals surface area contributed by atoms with Crippen molar-refractivity contribution in [1.82, 2.24) is 34.9 Å². The molecule has 0 atom stereocenters. The predicted molar refractivity (Wildman–Crippen MR) is 106 cm³/mol. The highest BCUT2D eigenvalue weighted by Gasteiger charge is 2.37. The molecule has 0 aliphatic heterocycles. The number of aryl methyl sites for hydroxylation is 3. The van der Waals surface area contributed by atoms with Gasteiger partial charge in [0.05, 0.1) is 17.5 Å². The van der Waals surface area contributed by atoms with E-state index in [1.807, 2.05) is 24.3 Å². The van der Waals surface area contributed by atoms with Gasteiger partial charge in [-0.3, -0.25) is 4.79 Å². The minimum absolute atomic E-state index is 0.00748. The van der Waals surface area contributed by atoms with Gasteiger partial charge >= 0.3 is 6.18 Å². The standard InChI is InChI=1S/C20H20F3N7O/c1-11-13(12(2)30-19(25-11)28-18(29-30)20(21,22)23)10-17(31)24-9-5-8-16-26-14-6-3-4-7-15(14)27-16/h3-4,6-7H,5,8-10H2,1-2H3,(H,24,31)(H,26,27). The maximum atomic E-state index is 12.9. The lowest BCUT2D eigenvalue weighted by Crippen LogP contribution is -2.27. The number of nitrogens with one attached hydrogen (secondary N) is 2. The molecule has 1 aromatic carbocycles. The summed E-state index contributed by atoms with van der Waals surface area (Å²) in [6.45, 7) is 3.69. The number of benzene rings is 1. The molecule has 8 nitrogen and oxygen atoms in total. The summed E-state index contributed by atoms with van der Waals surface area (Å²) in [6.07, 6.45) is -3.30. The van der Waals surface area contributed by atoms with Crippen molar-refractivity contribution in [3.05, 3.63) is 52.9 Å². The average molecular weight is 431 g/mol. The number of rotatable bonds is 6. The van der Waals surface area contributed by atoms with Crippen LogP contribution in [0.25, 0.3) is 16.8 Å². The third kappa shape index (κ3) is 4.35. The second kappa shape index (κ2) is 7.97. The Kier molecular flexibility index (Phi) is 5.34. The van der Waals surface area contributed by atoms with E-state index in [9.17, 15) is 18.0 Å². The first-order valence-corrected chi connectivity index (χ1v) is 9.73. The molecule has 162 valence electrons. The number of hydrogen-bond acceptors (Lipinski definition) is 5. The van der Waals surface area contributed by atoms with Crippen LogP contribution in [0.3, 0.4) is 0 Å². The largest absolute Gasteiger partial charge is 0.453 e. The molecular weight excluding hydrogens is 411 g/mol. The molecular formula is C20H20F3N7O. The zero-order valence-corrected chi connectivity index (χ0v) is 16.9. The number of carbonyl (C=O) groups excluding carboxylic acids is 1. The number of fused-ring (bicyclic) bond motifs is 2. The number of para-hydroxylation sites is 2. The molecule has 4 aromatic rings. The van der Waals surface area contributed by atoms with E-state index in [1.165, 1.54) is 0 Å². The highest BCUT2D eigenvalue weighted by Crippen LogP contribution is 2.27. The number of amides is 1. The Bertz CT molecular complexity index is 1230. The fourth-order valence-electron chi connectivity index (χ4n) is 3.42. The van der Waals surface area contributed by atoms with E-state index in [-0.39, 0.29) is 18.1 Å². The summed E-state index contributed by atoms with van der Waals surface area (Å²) in [5.41, 5.74) is 3.25. The fraction of sp³-hybridized carbons (Fsp3) is 0.350. The molecule has 3 aromatic heterocycles. The summed E-state index contributed by atoms with van der Waals surface area (Å²) >= 11 is 0. The summed E-state index contributed by atoms with van der Waals surface area (Å²) < 4.78 is 39.7. The van der Waals surface area contributed by atoms with Crippen molar-refractivity contribution in [2.24, 2.45) is 0 Å². The van der Waals surface area contributed by atoms with Crippen LogP contribution in [0.4, 0.5) is 13.2 Å². The molecule has 3 heterocycles. The summed E-state index contributed by atoms with van der Waals surface area (Å²) in [4.78, 5) is 27.6. The lowest BCUT2D eigenvalue weighted by atomic mass is 10.1. The second-order valence-corrected chi connectivity index (χ2v) is 7.24. The van der Waals surface area contributed by atoms with E-state index >= 15 is 0 Å². The molecule has 0 bridgehead atoms. The first kappa shape index (κ1) is 20.8. The van der Waals surface area contributed by atoms with Gasteiger partial charge in [0.15, 0.2) is 0 Å². The molecule has 0 saturated heterocycles. The van der Waals surface area contributed by atoms with Crippen molar-refractivity contribution in [1.29, 1.82) is 0 Å². The van der Waals surface area contributed by atoms with E-state index in [0.717, 1.165) is 21.4 Å². The van der Waals surface area contributed by atoms with Gasteiger partial charge in [-0.25, -0.2) is 14.5 Å². The number of alkyl halides is 3. The van der Waals surface area contributed by atoms with Gasteiger partial charge in [0.25, 0.3) is 11.6 Å². The maximum absolute atomic E-state index is 12.9. The van der Waals surface area contributed by atoms with Crippen molar-refractivity contribution in [2.45, 2.75) is 39.3 Å². The number of aromatic nitrogens is 6. The van der Waals surface area contributed by atoms with E-state index < -0.39 is 12.0 Å². The first-order chi connectivity index (χ1) is 14.7. The van der Waals surface area contributed by atoms with Gasteiger partial charge < -0.3 is 10.3 Å². The average Bonchev–Trinajstić information content (AvgIpc) is 3.32. The van der Waals surface area contributed by atoms with Crippen molar-refractivity contribution in [3.8, 4) is 0 Å². The summed E-state index contributed by atoms with van der Waals surface area (Å²) in [5, 5.41) is 6.33. The van der Waals surface area contributed by atoms with Crippen molar-refractivity contribution in [2.75, 3.05) is 6.54 Å². The molecule has 2 N–H and O–H groups in total. The fourth-order valence-corrected chi connectivity index (χ4v) is 3.42. The Hall–Kier alpha value is -3.50. The normalized spacial score (nSPS) is 12.0. The third-order valence-electron chi connectivity index (χ3n) is 4.99. The first-order valence-electron chi connectivity index (χ1n) is 9.73. The van der Waals surface area contributed by atoms with Crippen LogP contribution in [0.15, 0.2) is 24.3 Å². The quantitative estimate of drug-likeness (QED) is 0.457. The van der Waals surface area contributed by atoms with Crippen LogP contribution < -0.4 is 5.32 Å². The van der Waals surface area contributed by atoms with Gasteiger partial charge in [-0.2, -0.15) is 18.2 Å². The van der Waals surface area contributed by atoms with Gasteiger partial charge in [-0.15, -0.1) is 5.10 Å². The lowest BCUT2D eigenvalue weighted by molar-refractivity contribution is -0.144. The van der Waals surface area contributed by atoms with E-state index in [4.69, 9.17) is 0 Å². The van der Waals surface area contributed by atoms with Crippen molar-refractivity contribution >= 4 is 22.7 Å². The third-order valence-corrected chi connectivity index (χ3v) is 4.99. The van der Waals surface area contributed by atoms with Gasteiger partial charge in [0.2, 0.25) is 5.91 Å². The predicted octanol–water partition coefficient (Wildman–Crippen LogP) is 2.93. The zero-order chi connectivity index (χ0) is 22.2. The summed E-state index contributed by atoms with van der Waals surface area (Å²) in [7, 11) is 0. The minimum atomic E-state index is -4.66. The van der Waals surface area contributed by atoms with Crippen LogP contribution in [-0.4, -0.2) is 42.0 Å². The molecule has 0 aliphatic rings. The number of carbonyl (C=O) groups is 1. The summed E-state index contributed by atoms with van der Waals surface area (Å²) in [6, 6.07) is 7.74. The van der Waals surface area contributed by atoms with Crippen LogP contribution in [0.2, 0.25) is 0 Å². The minimum Gasteiger partial charge on any atom is -0.356 e. The van der Waals surface area contributed by atoms with Crippen LogP contribution >= 0.6 is 0 Å². The number of hydrogen-bond donors (Lipinski definition) is 2. The topological polar surface area (TPSA) is 101 Å². The molecule has 0 fully saturated rings. The molecule has 0 spiro atoms. The molecule has 4 rings (SSSR count). The molecule has 31 heavy (non-hydrogen) atoms. The number of halogens is 3. The van der Waals surface area contributed by atoms with Crippen LogP contribution in [0, 0.1) is 13.8 Å². The Labute approximate surface area is 174 Å². The Morgan fingerprint density at radius 1 is 1.16 bits per heavy atom. The van der Waals surface area contributed by atoms with Crippen LogP contribution in [0.5, 0.6) is 0 Å². The molecule has 0 saturated carbocycles. The lowest BCUT2D eigenvalue weighted by Gasteiger charge is -2.10. The number of H-pyrrole nitrogens is 1. The number of nitrogens with zero attached hydrogens (tertiary/aromatic N) is 5. The highest BCUT2D eigenvalue weighted by molar-refractivity contribution is 5.79. The van der Waals surface area contributed by atoms with Crippen LogP contribution in [0.1, 0.15) is 35.0 Å². The maximum Gasteiger partial charge on any atom is 0.453 e. The SMILES string of the molecule is Cc1nc2nc(C(F)(F)F)nn2c(C)c1CC(=O)NCCCc1nc2ccccc2[nH]1. The van der Waals surface area contributed by atoms with E-state index in [0.29, 0.717) is 36.3 Å². The van der Waals surface area contributed by atoms with E-state index in [2.05, 4.69) is 30.4 Å². The Balaban J connectivity index is 1.37. The smallest absolute Gasteiger partial charge is 0.356 e. The summed E-state index contributed by atoms with van der Waals surface area (Å²) in [5.74, 6) is -0.788. The zero-order valence-electron chi connectivity index (χ0n) is 16.9. The Morgan fingerprint density at radius 2 is 1.94 bits per heavy atom. The van der Waals surface area contributed by atoms with Gasteiger partial charge in [0.1, 0.15) is 5.82 Å². The molecule has 0 radical (unpaired) electrons. The monoisotopic (exact) mass is 431 g/mol. The molecule has 11 heteroatoms. The molecule has 1 amide bonds. The highest BCUT2D eigenvalue weighted by atomic mass is 19.4. The van der Waals surface area contributed by atoms with Crippen molar-refractivity contribution in [3.63, 3.8) is 0 Å². The van der Waals surface area contributed by atoms with Gasteiger partial charge in [-0.1, -0.05) is 12.1 Å². The van der Waals surface area contributed by atoms with Crippen LogP contribution in [-0.2, 0) is 23.8 Å². The second-order valence-electron chi connectivity index (χ2n) is 7.24. The molecule has 0 unspecified atom stereocenters. The van der Waals surface area contributed by atoms with Crippen molar-refractivity contribution < 1.29 is 18.0 Å². The van der Waals surface area contributed by atoms with E-state index in [1.54, 1.807) is 13.8 Å². The number of imidazole rings is 1. The number of aromatic amines is 1. The Morgan fingerprint density at radius 3 is 2.68 bits per heavy atom. The van der Waals surface area contributed by atoms with Gasteiger partial charge in [-0.05, 0) is 32.4 Å². The molecule has 0 aliphatic carbocycles. The van der Waals surface area contributed by atoms with Gasteiger partial charge in [0, 0.05) is 29.9 Å².